The highest BCUT2D eigenvalue weighted by atomic mass is 16.6. The summed E-state index contributed by atoms with van der Waals surface area (Å²) in [6.45, 7) is 13.3. The van der Waals surface area contributed by atoms with Gasteiger partial charge in [0, 0.05) is 95.8 Å². The van der Waals surface area contributed by atoms with Crippen molar-refractivity contribution in [3.8, 4) is 12.3 Å². The van der Waals surface area contributed by atoms with E-state index in [9.17, 15) is 58.2 Å². The maximum absolute atomic E-state index is 13.6. The quantitative estimate of drug-likeness (QED) is 0.0130. The van der Waals surface area contributed by atoms with Crippen LogP contribution in [0.5, 0.6) is 0 Å². The highest BCUT2D eigenvalue weighted by molar-refractivity contribution is 5.92. The highest BCUT2D eigenvalue weighted by Gasteiger charge is 2.55. The lowest BCUT2D eigenvalue weighted by Gasteiger charge is -2.37. The first-order valence-corrected chi connectivity index (χ1v) is 33.8. The van der Waals surface area contributed by atoms with E-state index in [1.807, 2.05) is 27.7 Å². The van der Waals surface area contributed by atoms with Crippen LogP contribution < -0.4 is 43.8 Å². The zero-order chi connectivity index (χ0) is 70.0. The molecule has 28 heteroatoms. The van der Waals surface area contributed by atoms with Crippen molar-refractivity contribution in [2.45, 2.75) is 226 Å². The number of amidine groups is 1. The molecule has 94 heavy (non-hydrogen) atoms. The minimum absolute atomic E-state index is 0.000866. The molecule has 0 bridgehead atoms. The van der Waals surface area contributed by atoms with Gasteiger partial charge in [0.05, 0.1) is 76.0 Å². The van der Waals surface area contributed by atoms with E-state index < -0.39 is 95.7 Å². The number of carbonyl (C=O) groups excluding carboxylic acids is 8. The number of ether oxygens (including phenoxy) is 6. The number of nitrogens with two attached hydrogens (primary N) is 3. The molecule has 0 aromatic rings. The standard InChI is InChI=1S/C66H112N10O18/c1-8-31-89-33-35-91-37-38-92-36-34-90-32-28-55(82)75-50(25-24-47(79)22-18-14-12-17-21-30-72-66(88)94-62-49(64(86)87)41-51(76-65(69)70)58(62)59(42(5)9-2)73-43(6)77)52(80)26-27-54(81)71-29-20-16-13-15-19-23-56(83)93-61-48(63(84)85)39-46(40-53(67)68)57(61)60(74-44(7)78)45(10-3)11-4/h1,42,45-46,48-51,57-62H,9-41H2,2-7H3,(H3,67,68)(H,71,81)(H,72,88)(H,73,77)(H,74,78)(H,75,82)(H,84,85)(H,86,87)(H4,69,70,76)/t42?,46-,48-,49-,50+,51+,57+,58+,59-,60-,61+,62+/m0/s1. The number of carboxylic acids is 2. The van der Waals surface area contributed by atoms with Gasteiger partial charge in [0.2, 0.25) is 23.6 Å². The van der Waals surface area contributed by atoms with Gasteiger partial charge in [-0.15, -0.1) is 6.42 Å². The molecule has 2 saturated carbocycles. The van der Waals surface area contributed by atoms with Crippen LogP contribution in [0.2, 0.25) is 0 Å². The molecule has 14 N–H and O–H groups in total. The predicted molar refractivity (Wildman–Crippen MR) is 351 cm³/mol. The number of terminal acetylenes is 1. The van der Waals surface area contributed by atoms with E-state index >= 15 is 0 Å². The van der Waals surface area contributed by atoms with Crippen molar-refractivity contribution in [1.29, 1.82) is 5.41 Å². The topological polar surface area (TPSA) is 441 Å². The van der Waals surface area contributed by atoms with Crippen molar-refractivity contribution in [2.24, 2.45) is 63.6 Å². The molecule has 0 aromatic heterocycles. The number of carbonyl (C=O) groups is 10. The van der Waals surface area contributed by atoms with Crippen LogP contribution in [0.4, 0.5) is 4.79 Å². The maximum Gasteiger partial charge on any atom is 0.407 e. The van der Waals surface area contributed by atoms with Crippen LogP contribution >= 0.6 is 0 Å². The van der Waals surface area contributed by atoms with Crippen LogP contribution in [0.25, 0.3) is 0 Å². The van der Waals surface area contributed by atoms with E-state index in [-0.39, 0.29) is 150 Å². The van der Waals surface area contributed by atoms with E-state index in [0.29, 0.717) is 97.2 Å². The molecular weight excluding hydrogens is 1220 g/mol. The summed E-state index contributed by atoms with van der Waals surface area (Å²) < 4.78 is 33.3. The first kappa shape index (κ1) is 83.1. The van der Waals surface area contributed by atoms with Crippen LogP contribution in [0.1, 0.15) is 189 Å². The Balaban J connectivity index is 1.88. The summed E-state index contributed by atoms with van der Waals surface area (Å²) in [7, 11) is 0. The summed E-state index contributed by atoms with van der Waals surface area (Å²) in [4.78, 5) is 133. The minimum Gasteiger partial charge on any atom is -0.481 e. The number of aliphatic carboxylic acids is 2. The lowest BCUT2D eigenvalue weighted by Crippen LogP contribution is -2.52. The lowest BCUT2D eigenvalue weighted by molar-refractivity contribution is -0.160. The largest absolute Gasteiger partial charge is 0.481 e. The van der Waals surface area contributed by atoms with Crippen molar-refractivity contribution in [1.82, 2.24) is 26.6 Å². The molecule has 2 rings (SSSR count). The number of guanidine groups is 1. The second-order valence-electron chi connectivity index (χ2n) is 24.7. The number of amides is 5. The van der Waals surface area contributed by atoms with Crippen molar-refractivity contribution >= 4 is 71.0 Å². The van der Waals surface area contributed by atoms with Crippen molar-refractivity contribution in [2.75, 3.05) is 65.9 Å². The minimum atomic E-state index is -1.18. The van der Waals surface area contributed by atoms with Gasteiger partial charge in [-0.1, -0.05) is 91.4 Å². The second kappa shape index (κ2) is 47.8. The zero-order valence-electron chi connectivity index (χ0n) is 56.5. The molecule has 2 aliphatic rings. The number of carboxylic acid groups (broad SMARTS) is 2. The Morgan fingerprint density at radius 1 is 0.596 bits per heavy atom. The Hall–Kier alpha value is -6.96. The molecule has 2 aliphatic carbocycles. The van der Waals surface area contributed by atoms with Gasteiger partial charge in [0.15, 0.2) is 11.7 Å². The molecule has 2 fully saturated rings. The van der Waals surface area contributed by atoms with E-state index in [1.54, 1.807) is 0 Å². The van der Waals surface area contributed by atoms with E-state index in [4.69, 9.17) is 57.5 Å². The van der Waals surface area contributed by atoms with Gasteiger partial charge >= 0.3 is 24.0 Å². The summed E-state index contributed by atoms with van der Waals surface area (Å²) in [6, 6.07) is -2.81. The van der Waals surface area contributed by atoms with Gasteiger partial charge in [-0.05, 0) is 62.7 Å². The third-order valence-electron chi connectivity index (χ3n) is 17.5. The molecule has 1 unspecified atom stereocenters. The first-order chi connectivity index (χ1) is 44.9. The van der Waals surface area contributed by atoms with Crippen LogP contribution in [0.15, 0.2) is 4.99 Å². The fraction of sp³-hybridized carbons (Fsp3) is 0.788. The number of ketones is 2. The van der Waals surface area contributed by atoms with Gasteiger partial charge in [0.1, 0.15) is 24.6 Å². The smallest absolute Gasteiger partial charge is 0.407 e. The van der Waals surface area contributed by atoms with Gasteiger partial charge in [-0.2, -0.15) is 0 Å². The number of nitrogens with one attached hydrogen (secondary N) is 6. The number of unbranched alkanes of at least 4 members (excludes halogenated alkanes) is 8. The van der Waals surface area contributed by atoms with Crippen molar-refractivity contribution in [3.05, 3.63) is 0 Å². The molecule has 0 aromatic carbocycles. The van der Waals surface area contributed by atoms with Crippen molar-refractivity contribution < 1.29 is 86.6 Å². The lowest BCUT2D eigenvalue weighted by atomic mass is 9.77. The monoisotopic (exact) mass is 1330 g/mol. The number of Topliss-reactive ketones (excluding diaryl/α,β-unsaturated/α-hetero) is 2. The average molecular weight is 1330 g/mol. The molecule has 28 nitrogen and oxygen atoms in total. The molecule has 5 amide bonds. The number of esters is 1. The number of nitrogens with zero attached hydrogens (tertiary/aromatic N) is 1. The predicted octanol–water partition coefficient (Wildman–Crippen LogP) is 4.58. The van der Waals surface area contributed by atoms with E-state index in [1.165, 1.54) is 13.8 Å². The molecule has 12 atom stereocenters. The Labute approximate surface area is 555 Å². The maximum atomic E-state index is 13.6. The highest BCUT2D eigenvalue weighted by Crippen LogP contribution is 2.46. The van der Waals surface area contributed by atoms with Gasteiger partial charge < -0.3 is 82.4 Å². The van der Waals surface area contributed by atoms with Gasteiger partial charge in [-0.25, -0.2) is 9.79 Å². The molecule has 0 aliphatic heterocycles. The number of aliphatic imine (C=N–C) groups is 1. The Kier molecular flexibility index (Phi) is 42.3. The Morgan fingerprint density at radius 2 is 1.13 bits per heavy atom. The molecule has 0 saturated heterocycles. The normalized spacial score (nSPS) is 20.3. The zero-order valence-corrected chi connectivity index (χ0v) is 56.5. The molecule has 534 valence electrons. The third kappa shape index (κ3) is 33.4. The molecular formula is C66H112N10O18. The van der Waals surface area contributed by atoms with Crippen LogP contribution in [0.3, 0.4) is 0 Å². The van der Waals surface area contributed by atoms with Crippen LogP contribution in [-0.4, -0.2) is 184 Å². The fourth-order valence-corrected chi connectivity index (χ4v) is 12.6. The molecule has 0 spiro atoms. The number of hydrogen-bond donors (Lipinski definition) is 11. The summed E-state index contributed by atoms with van der Waals surface area (Å²) in [6.07, 6.45) is 11.0. The van der Waals surface area contributed by atoms with E-state index in [0.717, 1.165) is 19.3 Å². The SMILES string of the molecule is C#CCOCCOCCOCCOCCC(=O)N[C@H](CCC(=O)CCCCCCCNC(=O)O[C@H]1[C@@H]([C@@H](NC(C)=O)C(C)CC)[C@H](N=C(N)N)C[C@@H]1C(=O)O)C(=O)CCC(=O)NCCCCCCCC(=O)O[C@H]1[C@@H]([C@@H](NC(C)=O)C(CC)CC)[C@H](CC(=N)N)C[C@@H]1C(=O)O. The summed E-state index contributed by atoms with van der Waals surface area (Å²) in [5.41, 5.74) is 17.2. The number of alkyl carbamates (subject to hydrolysis) is 1. The summed E-state index contributed by atoms with van der Waals surface area (Å²) >= 11 is 0. The van der Waals surface area contributed by atoms with Crippen molar-refractivity contribution in [3.63, 3.8) is 0 Å². The fourth-order valence-electron chi connectivity index (χ4n) is 12.6. The summed E-state index contributed by atoms with van der Waals surface area (Å²) in [5.74, 6) is -6.72. The second-order valence-corrected chi connectivity index (χ2v) is 24.7. The number of hydrogen-bond acceptors (Lipinski definition) is 18. The third-order valence-corrected chi connectivity index (χ3v) is 17.5. The molecule has 0 heterocycles. The van der Waals surface area contributed by atoms with E-state index in [2.05, 4.69) is 37.5 Å². The number of rotatable bonds is 53. The van der Waals surface area contributed by atoms with Gasteiger partial charge in [-0.3, -0.25) is 48.6 Å². The Morgan fingerprint density at radius 3 is 1.68 bits per heavy atom. The summed E-state index contributed by atoms with van der Waals surface area (Å²) in [5, 5.41) is 42.5. The van der Waals surface area contributed by atoms with Gasteiger partial charge in [0.25, 0.3) is 0 Å². The average Bonchev–Trinajstić information content (AvgIpc) is 1.64. The van der Waals surface area contributed by atoms with Crippen LogP contribution in [0, 0.1) is 59.2 Å². The molecule has 0 radical (unpaired) electrons. The first-order valence-electron chi connectivity index (χ1n) is 33.8. The van der Waals surface area contributed by atoms with Crippen LogP contribution in [-0.2, 0) is 71.6 Å². The Bertz CT molecular complexity index is 2440.